The van der Waals surface area contributed by atoms with Gasteiger partial charge in [-0.15, -0.1) is 0 Å². The van der Waals surface area contributed by atoms with Gasteiger partial charge >= 0.3 is 0 Å². The molecule has 1 aliphatic carbocycles. The van der Waals surface area contributed by atoms with Crippen LogP contribution in [0.1, 0.15) is 57.8 Å². The maximum absolute atomic E-state index is 12.3. The summed E-state index contributed by atoms with van der Waals surface area (Å²) in [6.45, 7) is 4.77. The number of para-hydroxylation sites is 1. The van der Waals surface area contributed by atoms with Gasteiger partial charge in [0, 0.05) is 19.2 Å². The third kappa shape index (κ3) is 4.82. The number of hydrogen-bond donors (Lipinski definition) is 0. The quantitative estimate of drug-likeness (QED) is 0.713. The van der Waals surface area contributed by atoms with Crippen molar-refractivity contribution in [3.05, 3.63) is 46.8 Å². The smallest absolute Gasteiger partial charge is 0.251 e. The fourth-order valence-corrected chi connectivity index (χ4v) is 5.21. The highest BCUT2D eigenvalue weighted by Gasteiger charge is 2.22. The fourth-order valence-electron chi connectivity index (χ4n) is 5.21. The standard InChI is InChI=1S/C24H34N2O/c27-24-13-12-22-10-4-5-11-23(22)26(24)16-6-9-20-14-17-25(18-15-20)19-21-7-2-1-3-8-21/h4-5,10-13,20-21H,1-3,6-9,14-19H2. The second kappa shape index (κ2) is 9.05. The maximum atomic E-state index is 12.3. The van der Waals surface area contributed by atoms with Crippen molar-refractivity contribution >= 4 is 10.9 Å². The monoisotopic (exact) mass is 366 g/mol. The molecule has 0 atom stereocenters. The largest absolute Gasteiger partial charge is 0.308 e. The normalized spacial score (nSPS) is 20.3. The van der Waals surface area contributed by atoms with Crippen LogP contribution in [0.4, 0.5) is 0 Å². The van der Waals surface area contributed by atoms with Crippen LogP contribution in [-0.4, -0.2) is 29.1 Å². The number of likely N-dealkylation sites (tertiary alicyclic amines) is 1. The van der Waals surface area contributed by atoms with E-state index >= 15 is 0 Å². The predicted octanol–water partition coefficient (Wildman–Crippen LogP) is 5.07. The van der Waals surface area contributed by atoms with E-state index in [1.807, 2.05) is 22.8 Å². The summed E-state index contributed by atoms with van der Waals surface area (Å²) in [5.41, 5.74) is 1.21. The highest BCUT2D eigenvalue weighted by Crippen LogP contribution is 2.27. The van der Waals surface area contributed by atoms with Gasteiger partial charge in [0.15, 0.2) is 0 Å². The molecule has 0 amide bonds. The van der Waals surface area contributed by atoms with Gasteiger partial charge in [0.05, 0.1) is 5.52 Å². The van der Waals surface area contributed by atoms with Crippen molar-refractivity contribution in [3.63, 3.8) is 0 Å². The van der Waals surface area contributed by atoms with Gasteiger partial charge in [-0.1, -0.05) is 37.5 Å². The Bertz CT molecular complexity index is 782. The van der Waals surface area contributed by atoms with Crippen LogP contribution < -0.4 is 5.56 Å². The van der Waals surface area contributed by atoms with Crippen molar-refractivity contribution in [2.75, 3.05) is 19.6 Å². The second-order valence-corrected chi connectivity index (χ2v) is 8.77. The lowest BCUT2D eigenvalue weighted by molar-refractivity contribution is 0.141. The number of rotatable bonds is 6. The van der Waals surface area contributed by atoms with Gasteiger partial charge in [0.1, 0.15) is 0 Å². The molecule has 2 heterocycles. The topological polar surface area (TPSA) is 25.2 Å². The summed E-state index contributed by atoms with van der Waals surface area (Å²) in [5, 5.41) is 1.16. The van der Waals surface area contributed by atoms with E-state index in [9.17, 15) is 4.79 Å². The van der Waals surface area contributed by atoms with Crippen LogP contribution in [0.25, 0.3) is 10.9 Å². The van der Waals surface area contributed by atoms with Crippen molar-refractivity contribution in [2.45, 2.75) is 64.3 Å². The van der Waals surface area contributed by atoms with Crippen molar-refractivity contribution in [1.29, 1.82) is 0 Å². The van der Waals surface area contributed by atoms with E-state index < -0.39 is 0 Å². The van der Waals surface area contributed by atoms with Crippen LogP contribution in [0.15, 0.2) is 41.2 Å². The lowest BCUT2D eigenvalue weighted by Gasteiger charge is -2.35. The van der Waals surface area contributed by atoms with Crippen LogP contribution >= 0.6 is 0 Å². The molecule has 1 aliphatic heterocycles. The van der Waals surface area contributed by atoms with Crippen LogP contribution in [0.5, 0.6) is 0 Å². The molecule has 1 saturated heterocycles. The first kappa shape index (κ1) is 18.7. The summed E-state index contributed by atoms with van der Waals surface area (Å²) in [6.07, 6.45) is 12.3. The van der Waals surface area contributed by atoms with Crippen molar-refractivity contribution in [1.82, 2.24) is 9.47 Å². The van der Waals surface area contributed by atoms with Crippen LogP contribution in [0.3, 0.4) is 0 Å². The van der Waals surface area contributed by atoms with Gasteiger partial charge < -0.3 is 9.47 Å². The second-order valence-electron chi connectivity index (χ2n) is 8.77. The number of aromatic nitrogens is 1. The average Bonchev–Trinajstić information content (AvgIpc) is 2.72. The highest BCUT2D eigenvalue weighted by atomic mass is 16.1. The van der Waals surface area contributed by atoms with Gasteiger partial charge in [0.25, 0.3) is 5.56 Å². The molecule has 3 nitrogen and oxygen atoms in total. The first-order chi connectivity index (χ1) is 13.3. The molecule has 146 valence electrons. The van der Waals surface area contributed by atoms with Crippen LogP contribution in [0, 0.1) is 11.8 Å². The molecular weight excluding hydrogens is 332 g/mol. The highest BCUT2D eigenvalue weighted by molar-refractivity contribution is 5.78. The van der Waals surface area contributed by atoms with E-state index in [-0.39, 0.29) is 5.56 Å². The molecule has 1 saturated carbocycles. The molecule has 2 fully saturated rings. The minimum Gasteiger partial charge on any atom is -0.308 e. The molecule has 1 aromatic heterocycles. The molecule has 2 aliphatic rings. The van der Waals surface area contributed by atoms with E-state index in [0.29, 0.717) is 0 Å². The Morgan fingerprint density at radius 3 is 2.44 bits per heavy atom. The lowest BCUT2D eigenvalue weighted by atomic mass is 9.87. The number of pyridine rings is 1. The summed E-state index contributed by atoms with van der Waals surface area (Å²) >= 11 is 0. The lowest BCUT2D eigenvalue weighted by Crippen LogP contribution is -2.37. The van der Waals surface area contributed by atoms with Gasteiger partial charge in [-0.25, -0.2) is 0 Å². The van der Waals surface area contributed by atoms with Gasteiger partial charge in [-0.05, 0) is 81.0 Å². The summed E-state index contributed by atoms with van der Waals surface area (Å²) in [4.78, 5) is 15.0. The molecule has 0 N–H and O–H groups in total. The third-order valence-electron chi connectivity index (χ3n) is 6.84. The SMILES string of the molecule is O=c1ccc2ccccc2n1CCCC1CCN(CC2CCCCC2)CC1. The first-order valence-corrected chi connectivity index (χ1v) is 11.1. The fraction of sp³-hybridized carbons (Fsp3) is 0.625. The van der Waals surface area contributed by atoms with Crippen molar-refractivity contribution in [2.24, 2.45) is 11.8 Å². The van der Waals surface area contributed by atoms with Crippen molar-refractivity contribution < 1.29 is 0 Å². The molecule has 0 bridgehead atoms. The van der Waals surface area contributed by atoms with Gasteiger partial charge in [0.2, 0.25) is 0 Å². The minimum absolute atomic E-state index is 0.135. The molecule has 3 heteroatoms. The Morgan fingerprint density at radius 2 is 1.63 bits per heavy atom. The molecule has 0 radical (unpaired) electrons. The number of piperidine rings is 1. The Hall–Kier alpha value is -1.61. The van der Waals surface area contributed by atoms with Gasteiger partial charge in [-0.3, -0.25) is 4.79 Å². The molecule has 2 aromatic rings. The molecule has 1 aromatic carbocycles. The summed E-state index contributed by atoms with van der Waals surface area (Å²) in [5.74, 6) is 1.81. The average molecular weight is 367 g/mol. The summed E-state index contributed by atoms with van der Waals surface area (Å²) < 4.78 is 1.97. The summed E-state index contributed by atoms with van der Waals surface area (Å²) in [7, 11) is 0. The molecule has 0 unspecified atom stereocenters. The zero-order valence-electron chi connectivity index (χ0n) is 16.6. The number of aryl methyl sites for hydroxylation is 1. The van der Waals surface area contributed by atoms with E-state index in [2.05, 4.69) is 17.0 Å². The molecule has 0 spiro atoms. The zero-order chi connectivity index (χ0) is 18.5. The zero-order valence-corrected chi connectivity index (χ0v) is 16.6. The van der Waals surface area contributed by atoms with Crippen LogP contribution in [-0.2, 0) is 6.54 Å². The number of hydrogen-bond acceptors (Lipinski definition) is 2. The van der Waals surface area contributed by atoms with Crippen molar-refractivity contribution in [3.8, 4) is 0 Å². The first-order valence-electron chi connectivity index (χ1n) is 11.1. The molecule has 4 rings (SSSR count). The number of fused-ring (bicyclic) bond motifs is 1. The Morgan fingerprint density at radius 1 is 0.852 bits per heavy atom. The van der Waals surface area contributed by atoms with Crippen LogP contribution in [0.2, 0.25) is 0 Å². The van der Waals surface area contributed by atoms with E-state index in [1.165, 1.54) is 71.0 Å². The Kier molecular flexibility index (Phi) is 6.28. The van der Waals surface area contributed by atoms with Gasteiger partial charge in [-0.2, -0.15) is 0 Å². The number of benzene rings is 1. The van der Waals surface area contributed by atoms with E-state index in [4.69, 9.17) is 0 Å². The third-order valence-corrected chi connectivity index (χ3v) is 6.84. The molecule has 27 heavy (non-hydrogen) atoms. The Balaban J connectivity index is 1.24. The van der Waals surface area contributed by atoms with E-state index in [0.717, 1.165) is 35.7 Å². The predicted molar refractivity (Wildman–Crippen MR) is 113 cm³/mol. The van der Waals surface area contributed by atoms with E-state index in [1.54, 1.807) is 6.07 Å². The molecular formula is C24H34N2O. The maximum Gasteiger partial charge on any atom is 0.251 e. The Labute approximate surface area is 163 Å². The summed E-state index contributed by atoms with van der Waals surface area (Å²) in [6, 6.07) is 11.9. The minimum atomic E-state index is 0.135. The number of nitrogens with zero attached hydrogens (tertiary/aromatic N) is 2.